The zero-order valence-corrected chi connectivity index (χ0v) is 14.7. The summed E-state index contributed by atoms with van der Waals surface area (Å²) in [7, 11) is 0. The number of pyridine rings is 2. The molecule has 0 atom stereocenters. The molecule has 0 fully saturated rings. The van der Waals surface area contributed by atoms with Crippen molar-refractivity contribution in [1.82, 2.24) is 14.6 Å². The summed E-state index contributed by atoms with van der Waals surface area (Å²) in [5, 5.41) is 23.7. The number of hydrogen-bond acceptors (Lipinski definition) is 5. The average Bonchev–Trinajstić information content (AvgIpc) is 2.99. The fourth-order valence-corrected chi connectivity index (χ4v) is 2.60. The second kappa shape index (κ2) is 6.19. The van der Waals surface area contributed by atoms with Gasteiger partial charge < -0.3 is 9.84 Å². The molecule has 25 heavy (non-hydrogen) atoms. The van der Waals surface area contributed by atoms with Gasteiger partial charge in [-0.2, -0.15) is 10.4 Å². The molecule has 1 N–H and O–H groups in total. The first-order valence-corrected chi connectivity index (χ1v) is 8.00. The van der Waals surface area contributed by atoms with Gasteiger partial charge >= 0.3 is 0 Å². The lowest BCUT2D eigenvalue weighted by atomic mass is 10.0. The second-order valence-corrected chi connectivity index (χ2v) is 6.73. The number of fused-ring (bicyclic) bond motifs is 1. The monoisotopic (exact) mass is 336 g/mol. The molecule has 0 unspecified atom stereocenters. The largest absolute Gasteiger partial charge is 0.489 e. The van der Waals surface area contributed by atoms with Crippen LogP contribution in [0.4, 0.5) is 0 Å². The molecule has 3 aromatic rings. The normalized spacial score (nSPS) is 11.5. The highest BCUT2D eigenvalue weighted by molar-refractivity contribution is 5.85. The molecular weight excluding hydrogens is 316 g/mol. The topological polar surface area (TPSA) is 83.4 Å². The number of hydrogen-bond donors (Lipinski definition) is 1. The maximum atomic E-state index is 9.94. The lowest BCUT2D eigenvalue weighted by molar-refractivity contribution is 0.0281. The van der Waals surface area contributed by atoms with E-state index in [-0.39, 0.29) is 6.61 Å². The summed E-state index contributed by atoms with van der Waals surface area (Å²) >= 11 is 0. The van der Waals surface area contributed by atoms with Crippen LogP contribution in [-0.4, -0.2) is 31.9 Å². The van der Waals surface area contributed by atoms with Crippen molar-refractivity contribution in [3.05, 3.63) is 47.5 Å². The van der Waals surface area contributed by atoms with E-state index in [9.17, 15) is 10.4 Å². The van der Waals surface area contributed by atoms with Crippen LogP contribution in [0.25, 0.3) is 16.6 Å². The predicted octanol–water partition coefficient (Wildman–Crippen LogP) is 3.03. The van der Waals surface area contributed by atoms with Crippen molar-refractivity contribution in [2.45, 2.75) is 33.3 Å². The van der Waals surface area contributed by atoms with Crippen molar-refractivity contribution < 1.29 is 9.84 Å². The quantitative estimate of drug-likeness (QED) is 0.792. The third-order valence-electron chi connectivity index (χ3n) is 3.90. The van der Waals surface area contributed by atoms with Gasteiger partial charge in [0.05, 0.1) is 28.6 Å². The van der Waals surface area contributed by atoms with Gasteiger partial charge in [0.1, 0.15) is 18.4 Å². The van der Waals surface area contributed by atoms with Crippen LogP contribution in [0.5, 0.6) is 5.75 Å². The minimum absolute atomic E-state index is 0.150. The summed E-state index contributed by atoms with van der Waals surface area (Å²) in [6.45, 7) is 7.32. The third kappa shape index (κ3) is 3.32. The zero-order chi connectivity index (χ0) is 18.2. The lowest BCUT2D eigenvalue weighted by Crippen LogP contribution is -2.28. The van der Waals surface area contributed by atoms with Crippen LogP contribution >= 0.6 is 0 Å². The molecule has 0 saturated carbocycles. The Hall–Kier alpha value is -2.91. The van der Waals surface area contributed by atoms with Gasteiger partial charge in [-0.1, -0.05) is 6.07 Å². The number of aliphatic hydroxyl groups is 1. The van der Waals surface area contributed by atoms with Crippen molar-refractivity contribution in [2.24, 2.45) is 0 Å². The lowest BCUT2D eigenvalue weighted by Gasteiger charge is -2.20. The van der Waals surface area contributed by atoms with E-state index < -0.39 is 5.60 Å². The van der Waals surface area contributed by atoms with E-state index >= 15 is 0 Å². The van der Waals surface area contributed by atoms with Crippen molar-refractivity contribution in [3.63, 3.8) is 0 Å². The van der Waals surface area contributed by atoms with Crippen molar-refractivity contribution in [2.75, 3.05) is 6.61 Å². The first kappa shape index (κ1) is 16.9. The van der Waals surface area contributed by atoms with Crippen molar-refractivity contribution >= 4 is 5.52 Å². The molecule has 0 aromatic carbocycles. The summed E-state index contributed by atoms with van der Waals surface area (Å²) in [6, 6.07) is 7.95. The van der Waals surface area contributed by atoms with Crippen LogP contribution < -0.4 is 4.74 Å². The van der Waals surface area contributed by atoms with Gasteiger partial charge in [0.2, 0.25) is 0 Å². The summed E-state index contributed by atoms with van der Waals surface area (Å²) in [4.78, 5) is 4.35. The van der Waals surface area contributed by atoms with Crippen LogP contribution in [0.2, 0.25) is 0 Å². The molecule has 0 bridgehead atoms. The van der Waals surface area contributed by atoms with Gasteiger partial charge in [-0.3, -0.25) is 4.98 Å². The number of aryl methyl sites for hydroxylation is 2. The summed E-state index contributed by atoms with van der Waals surface area (Å²) in [6.07, 6.45) is 3.32. The van der Waals surface area contributed by atoms with Gasteiger partial charge in [0, 0.05) is 23.0 Å². The molecule has 0 spiro atoms. The third-order valence-corrected chi connectivity index (χ3v) is 3.90. The molecule has 6 heteroatoms. The van der Waals surface area contributed by atoms with Gasteiger partial charge in [-0.25, -0.2) is 4.52 Å². The number of ether oxygens (including phenoxy) is 1. The molecule has 0 saturated heterocycles. The standard InChI is InChI=1S/C19H20N4O2/c1-12-5-6-14(9-21-12)16-7-17(25-11-19(3,4)24)13(2)23-18(16)15(8-20)10-22-23/h5-7,9-10,24H,11H2,1-4H3. The Bertz CT molecular complexity index is 960. The van der Waals surface area contributed by atoms with Gasteiger partial charge in [0.25, 0.3) is 0 Å². The van der Waals surface area contributed by atoms with Crippen LogP contribution in [0.3, 0.4) is 0 Å². The summed E-state index contributed by atoms with van der Waals surface area (Å²) in [5.41, 5.74) is 3.64. The maximum Gasteiger partial charge on any atom is 0.141 e. The summed E-state index contributed by atoms with van der Waals surface area (Å²) in [5.74, 6) is 0.609. The number of aromatic nitrogens is 3. The molecule has 6 nitrogen and oxygen atoms in total. The average molecular weight is 336 g/mol. The SMILES string of the molecule is Cc1ccc(-c2cc(OCC(C)(C)O)c(C)n3ncc(C#N)c23)cn1. The van der Waals surface area contributed by atoms with Crippen molar-refractivity contribution in [1.29, 1.82) is 5.26 Å². The van der Waals surface area contributed by atoms with Crippen LogP contribution in [0.1, 0.15) is 30.8 Å². The highest BCUT2D eigenvalue weighted by Crippen LogP contribution is 2.33. The zero-order valence-electron chi connectivity index (χ0n) is 14.7. The van der Waals surface area contributed by atoms with Crippen LogP contribution in [-0.2, 0) is 0 Å². The summed E-state index contributed by atoms with van der Waals surface area (Å²) < 4.78 is 7.53. The van der Waals surface area contributed by atoms with E-state index in [1.807, 2.05) is 32.0 Å². The van der Waals surface area contributed by atoms with Crippen molar-refractivity contribution in [3.8, 4) is 22.9 Å². The van der Waals surface area contributed by atoms with E-state index in [0.717, 1.165) is 28.0 Å². The van der Waals surface area contributed by atoms with E-state index in [0.29, 0.717) is 11.3 Å². The Labute approximate surface area is 146 Å². The van der Waals surface area contributed by atoms with Crippen LogP contribution in [0, 0.1) is 25.2 Å². The van der Waals surface area contributed by atoms with Gasteiger partial charge in [-0.15, -0.1) is 0 Å². The van der Waals surface area contributed by atoms with E-state index in [4.69, 9.17) is 4.74 Å². The van der Waals surface area contributed by atoms with E-state index in [1.54, 1.807) is 30.8 Å². The molecule has 128 valence electrons. The smallest absolute Gasteiger partial charge is 0.141 e. The Morgan fingerprint density at radius 2 is 2.04 bits per heavy atom. The minimum atomic E-state index is -0.949. The molecular formula is C19H20N4O2. The maximum absolute atomic E-state index is 9.94. The Kier molecular flexibility index (Phi) is 4.19. The number of nitriles is 1. The molecule has 0 aliphatic rings. The molecule has 3 aromatic heterocycles. The first-order chi connectivity index (χ1) is 11.8. The minimum Gasteiger partial charge on any atom is -0.489 e. The predicted molar refractivity (Wildman–Crippen MR) is 94.4 cm³/mol. The van der Waals surface area contributed by atoms with Crippen LogP contribution in [0.15, 0.2) is 30.6 Å². The van der Waals surface area contributed by atoms with E-state index in [2.05, 4.69) is 16.2 Å². The fourth-order valence-electron chi connectivity index (χ4n) is 2.60. The molecule has 0 aliphatic carbocycles. The van der Waals surface area contributed by atoms with Gasteiger partial charge in [-0.05, 0) is 39.8 Å². The molecule has 0 aliphatic heterocycles. The van der Waals surface area contributed by atoms with Gasteiger partial charge in [0.15, 0.2) is 0 Å². The highest BCUT2D eigenvalue weighted by atomic mass is 16.5. The Balaban J connectivity index is 2.22. The molecule has 0 amide bonds. The van der Waals surface area contributed by atoms with E-state index in [1.165, 1.54) is 0 Å². The fraction of sp³-hybridized carbons (Fsp3) is 0.316. The number of rotatable bonds is 4. The first-order valence-electron chi connectivity index (χ1n) is 8.00. The molecule has 0 radical (unpaired) electrons. The molecule has 3 rings (SSSR count). The Morgan fingerprint density at radius 1 is 1.28 bits per heavy atom. The Morgan fingerprint density at radius 3 is 2.64 bits per heavy atom. The number of nitrogens with zero attached hydrogens (tertiary/aromatic N) is 4. The highest BCUT2D eigenvalue weighted by Gasteiger charge is 2.19. The second-order valence-electron chi connectivity index (χ2n) is 6.73. The molecule has 3 heterocycles.